The molecule has 0 saturated heterocycles. The second kappa shape index (κ2) is 15.6. The third-order valence-electron chi connectivity index (χ3n) is 3.93. The summed E-state index contributed by atoms with van der Waals surface area (Å²) in [6.07, 6.45) is 10.8. The molecule has 0 radical (unpaired) electrons. The molecular formula is C19H38NO4P. The van der Waals surface area contributed by atoms with E-state index in [0.29, 0.717) is 24.9 Å². The molecular weight excluding hydrogens is 337 g/mol. The van der Waals surface area contributed by atoms with Gasteiger partial charge in [0, 0.05) is 12.1 Å². The summed E-state index contributed by atoms with van der Waals surface area (Å²) in [5, 5.41) is 2.86. The van der Waals surface area contributed by atoms with Gasteiger partial charge in [0.25, 0.3) is 0 Å². The van der Waals surface area contributed by atoms with E-state index in [0.717, 1.165) is 32.2 Å². The topological polar surface area (TPSA) is 64.6 Å². The maximum Gasteiger partial charge on any atom is 0.330 e. The second-order valence-corrected chi connectivity index (χ2v) is 8.57. The zero-order chi connectivity index (χ0) is 19.0. The van der Waals surface area contributed by atoms with Crippen LogP contribution >= 0.6 is 7.60 Å². The highest BCUT2D eigenvalue weighted by atomic mass is 31.2. The fourth-order valence-corrected chi connectivity index (χ4v) is 4.31. The Morgan fingerprint density at radius 2 is 1.32 bits per heavy atom. The van der Waals surface area contributed by atoms with Gasteiger partial charge in [-0.25, -0.2) is 0 Å². The van der Waals surface area contributed by atoms with Crippen LogP contribution in [0.2, 0.25) is 0 Å². The molecule has 5 nitrogen and oxygen atoms in total. The van der Waals surface area contributed by atoms with Gasteiger partial charge >= 0.3 is 7.60 Å². The fourth-order valence-electron chi connectivity index (χ4n) is 2.58. The fraction of sp³-hybridized carbons (Fsp3) is 0.842. The summed E-state index contributed by atoms with van der Waals surface area (Å²) in [7, 11) is -2.85. The Labute approximate surface area is 154 Å². The molecule has 0 spiro atoms. The molecule has 0 aliphatic rings. The summed E-state index contributed by atoms with van der Waals surface area (Å²) in [4.78, 5) is 11.3. The SMILES string of the molecule is C=C(C)C(=O)NCCCCCCCCCCCP(=O)(OCC)OCC. The van der Waals surface area contributed by atoms with Crippen LogP contribution in [0.3, 0.4) is 0 Å². The minimum Gasteiger partial charge on any atom is -0.352 e. The number of unbranched alkanes of at least 4 members (excludes halogenated alkanes) is 8. The maximum absolute atomic E-state index is 12.3. The first kappa shape index (κ1) is 24.4. The van der Waals surface area contributed by atoms with Gasteiger partial charge in [-0.3, -0.25) is 9.36 Å². The first-order valence-electron chi connectivity index (χ1n) is 9.77. The van der Waals surface area contributed by atoms with Crippen molar-refractivity contribution in [2.75, 3.05) is 25.9 Å². The summed E-state index contributed by atoms with van der Waals surface area (Å²) in [5.74, 6) is -0.0433. The van der Waals surface area contributed by atoms with E-state index in [4.69, 9.17) is 9.05 Å². The molecule has 0 rings (SSSR count). The normalized spacial score (nSPS) is 11.5. The maximum atomic E-state index is 12.3. The summed E-state index contributed by atoms with van der Waals surface area (Å²) >= 11 is 0. The molecule has 0 heterocycles. The van der Waals surface area contributed by atoms with Gasteiger partial charge in [0.1, 0.15) is 0 Å². The van der Waals surface area contributed by atoms with Crippen LogP contribution in [0, 0.1) is 0 Å². The minimum absolute atomic E-state index is 0.0433. The number of carbonyl (C=O) groups excluding carboxylic acids is 1. The molecule has 0 saturated carbocycles. The van der Waals surface area contributed by atoms with Crippen LogP contribution < -0.4 is 5.32 Å². The standard InChI is InChI=1S/C19H38NO4P/c1-5-23-25(22,24-6-2)17-15-13-11-9-7-8-10-12-14-16-20-19(21)18(3)4/h3,5-17H2,1-2,4H3,(H,20,21). The molecule has 0 aromatic carbocycles. The molecule has 0 unspecified atom stereocenters. The van der Waals surface area contributed by atoms with Crippen LogP contribution in [0.4, 0.5) is 0 Å². The zero-order valence-corrected chi connectivity index (χ0v) is 17.4. The average molecular weight is 375 g/mol. The molecule has 0 fully saturated rings. The Morgan fingerprint density at radius 3 is 1.76 bits per heavy atom. The van der Waals surface area contributed by atoms with Gasteiger partial charge in [-0.2, -0.15) is 0 Å². The van der Waals surface area contributed by atoms with Crippen molar-refractivity contribution in [2.24, 2.45) is 0 Å². The zero-order valence-electron chi connectivity index (χ0n) is 16.5. The van der Waals surface area contributed by atoms with Crippen molar-refractivity contribution in [1.29, 1.82) is 0 Å². The number of hydrogen-bond donors (Lipinski definition) is 1. The van der Waals surface area contributed by atoms with E-state index in [2.05, 4.69) is 11.9 Å². The van der Waals surface area contributed by atoms with Gasteiger partial charge in [0.2, 0.25) is 5.91 Å². The number of rotatable bonds is 17. The molecule has 25 heavy (non-hydrogen) atoms. The lowest BCUT2D eigenvalue weighted by molar-refractivity contribution is -0.117. The van der Waals surface area contributed by atoms with Crippen LogP contribution in [0.25, 0.3) is 0 Å². The summed E-state index contributed by atoms with van der Waals surface area (Å²) in [6, 6.07) is 0. The molecule has 6 heteroatoms. The predicted octanol–water partition coefficient (Wildman–Crippen LogP) is 5.46. The van der Waals surface area contributed by atoms with Crippen molar-refractivity contribution in [2.45, 2.75) is 78.6 Å². The smallest absolute Gasteiger partial charge is 0.330 e. The number of carbonyl (C=O) groups is 1. The highest BCUT2D eigenvalue weighted by Gasteiger charge is 2.22. The average Bonchev–Trinajstić information content (AvgIpc) is 2.56. The Kier molecular flexibility index (Phi) is 15.2. The molecule has 0 atom stereocenters. The van der Waals surface area contributed by atoms with Crippen LogP contribution in [0.15, 0.2) is 12.2 Å². The first-order valence-corrected chi connectivity index (χ1v) is 11.5. The third-order valence-corrected chi connectivity index (χ3v) is 6.10. The molecule has 0 aliphatic heterocycles. The van der Waals surface area contributed by atoms with E-state index in [1.165, 1.54) is 32.1 Å². The van der Waals surface area contributed by atoms with E-state index in [1.54, 1.807) is 6.92 Å². The predicted molar refractivity (Wildman–Crippen MR) is 105 cm³/mol. The van der Waals surface area contributed by atoms with Crippen molar-refractivity contribution in [1.82, 2.24) is 5.32 Å². The van der Waals surface area contributed by atoms with Crippen LogP contribution in [0.5, 0.6) is 0 Å². The lowest BCUT2D eigenvalue weighted by Crippen LogP contribution is -2.24. The van der Waals surface area contributed by atoms with E-state index >= 15 is 0 Å². The van der Waals surface area contributed by atoms with Gasteiger partial charge < -0.3 is 14.4 Å². The summed E-state index contributed by atoms with van der Waals surface area (Å²) in [6.45, 7) is 10.7. The summed E-state index contributed by atoms with van der Waals surface area (Å²) in [5.41, 5.74) is 0.568. The van der Waals surface area contributed by atoms with Gasteiger partial charge in [0.15, 0.2) is 0 Å². The highest BCUT2D eigenvalue weighted by Crippen LogP contribution is 2.48. The number of nitrogens with one attached hydrogen (secondary N) is 1. The van der Waals surface area contributed by atoms with Gasteiger partial charge in [0.05, 0.1) is 19.4 Å². The van der Waals surface area contributed by atoms with Crippen molar-refractivity contribution >= 4 is 13.5 Å². The monoisotopic (exact) mass is 375 g/mol. The van der Waals surface area contributed by atoms with Crippen molar-refractivity contribution in [3.05, 3.63) is 12.2 Å². The molecule has 0 aromatic heterocycles. The minimum atomic E-state index is -2.85. The Bertz CT molecular complexity index is 402. The van der Waals surface area contributed by atoms with Crippen LogP contribution in [0.1, 0.15) is 78.6 Å². The molecule has 0 bridgehead atoms. The largest absolute Gasteiger partial charge is 0.352 e. The molecule has 0 aliphatic carbocycles. The van der Waals surface area contributed by atoms with Crippen LogP contribution in [-0.2, 0) is 18.4 Å². The second-order valence-electron chi connectivity index (χ2n) is 6.39. The molecule has 1 amide bonds. The first-order chi connectivity index (χ1) is 11.9. The highest BCUT2D eigenvalue weighted by molar-refractivity contribution is 7.53. The van der Waals surface area contributed by atoms with Crippen molar-refractivity contribution in [3.8, 4) is 0 Å². The van der Waals surface area contributed by atoms with Gasteiger partial charge in [-0.15, -0.1) is 0 Å². The number of amides is 1. The molecule has 148 valence electrons. The van der Waals surface area contributed by atoms with E-state index < -0.39 is 7.60 Å². The van der Waals surface area contributed by atoms with Crippen LogP contribution in [-0.4, -0.2) is 31.8 Å². The Hall–Kier alpha value is -0.640. The lowest BCUT2D eigenvalue weighted by atomic mass is 10.1. The Morgan fingerprint density at radius 1 is 0.880 bits per heavy atom. The molecule has 1 N–H and O–H groups in total. The van der Waals surface area contributed by atoms with E-state index in [-0.39, 0.29) is 5.91 Å². The summed E-state index contributed by atoms with van der Waals surface area (Å²) < 4.78 is 22.9. The Balaban J connectivity index is 3.43. The molecule has 0 aromatic rings. The van der Waals surface area contributed by atoms with Crippen molar-refractivity contribution < 1.29 is 18.4 Å². The van der Waals surface area contributed by atoms with E-state index in [9.17, 15) is 9.36 Å². The quantitative estimate of drug-likeness (QED) is 0.208. The third kappa shape index (κ3) is 14.2. The lowest BCUT2D eigenvalue weighted by Gasteiger charge is -2.16. The van der Waals surface area contributed by atoms with E-state index in [1.807, 2.05) is 13.8 Å². The van der Waals surface area contributed by atoms with Gasteiger partial charge in [-0.1, -0.05) is 51.5 Å². The van der Waals surface area contributed by atoms with Crippen molar-refractivity contribution in [3.63, 3.8) is 0 Å². The number of hydrogen-bond acceptors (Lipinski definition) is 4. The van der Waals surface area contributed by atoms with Gasteiger partial charge in [-0.05, 0) is 33.6 Å².